The predicted molar refractivity (Wildman–Crippen MR) is 102 cm³/mol. The molecule has 0 saturated carbocycles. The van der Waals surface area contributed by atoms with E-state index in [0.29, 0.717) is 10.6 Å². The van der Waals surface area contributed by atoms with Crippen molar-refractivity contribution < 1.29 is 21.6 Å². The molecule has 9 heteroatoms. The predicted octanol–water partition coefficient (Wildman–Crippen LogP) is 2.78. The monoisotopic (exact) mass is 427 g/mol. The maximum Gasteiger partial charge on any atom is 0.243 e. The smallest absolute Gasteiger partial charge is 0.243 e. The second-order valence-corrected chi connectivity index (χ2v) is 11.0. The van der Waals surface area contributed by atoms with Gasteiger partial charge in [-0.25, -0.2) is 16.8 Å². The summed E-state index contributed by atoms with van der Waals surface area (Å²) in [6, 6.07) is 11.6. The molecule has 27 heavy (non-hydrogen) atoms. The van der Waals surface area contributed by atoms with Crippen LogP contribution in [0, 0.1) is 0 Å². The van der Waals surface area contributed by atoms with Crippen LogP contribution in [0.3, 0.4) is 0 Å². The number of ketones is 1. The van der Waals surface area contributed by atoms with Crippen molar-refractivity contribution in [3.8, 4) is 0 Å². The third kappa shape index (κ3) is 3.94. The summed E-state index contributed by atoms with van der Waals surface area (Å²) in [4.78, 5) is 11.6. The summed E-state index contributed by atoms with van der Waals surface area (Å²) in [6.45, 7) is 1.33. The number of benzene rings is 2. The number of sulfone groups is 1. The van der Waals surface area contributed by atoms with Crippen LogP contribution in [0.15, 0.2) is 58.3 Å². The Morgan fingerprint density at radius 1 is 1.04 bits per heavy atom. The Kier molecular flexibility index (Phi) is 5.45. The summed E-state index contributed by atoms with van der Waals surface area (Å²) >= 11 is 5.80. The van der Waals surface area contributed by atoms with Crippen LogP contribution >= 0.6 is 11.6 Å². The van der Waals surface area contributed by atoms with E-state index >= 15 is 0 Å². The largest absolute Gasteiger partial charge is 0.295 e. The number of rotatable bonds is 5. The van der Waals surface area contributed by atoms with E-state index in [2.05, 4.69) is 0 Å². The molecule has 1 aliphatic heterocycles. The molecular weight excluding hydrogens is 410 g/mol. The molecule has 1 aliphatic rings. The third-order valence-electron chi connectivity index (χ3n) is 4.57. The number of halogens is 1. The van der Waals surface area contributed by atoms with E-state index < -0.39 is 25.1 Å². The van der Waals surface area contributed by atoms with Crippen molar-refractivity contribution in [3.05, 3.63) is 59.1 Å². The van der Waals surface area contributed by atoms with Gasteiger partial charge in [0.05, 0.1) is 15.0 Å². The lowest BCUT2D eigenvalue weighted by atomic mass is 10.2. The second kappa shape index (κ2) is 7.35. The first kappa shape index (κ1) is 20.0. The molecule has 2 aromatic rings. The van der Waals surface area contributed by atoms with Gasteiger partial charge in [0.25, 0.3) is 0 Å². The van der Waals surface area contributed by atoms with Gasteiger partial charge < -0.3 is 0 Å². The number of nitrogens with zero attached hydrogens (tertiary/aromatic N) is 1. The standard InChI is InChI=1S/C18H18ClNO5S2/c1-13(21)14-3-2-4-17(11-14)27(24,25)20-10-9-18(12-20)26(22,23)16-7-5-15(19)6-8-16/h2-8,11,18H,9-10,12H2,1H3. The number of hydrogen-bond donors (Lipinski definition) is 0. The van der Waals surface area contributed by atoms with E-state index in [-0.39, 0.29) is 35.1 Å². The van der Waals surface area contributed by atoms with E-state index in [1.54, 1.807) is 6.07 Å². The minimum atomic E-state index is -3.88. The van der Waals surface area contributed by atoms with Gasteiger partial charge in [0.15, 0.2) is 15.6 Å². The van der Waals surface area contributed by atoms with Crippen LogP contribution in [0.5, 0.6) is 0 Å². The van der Waals surface area contributed by atoms with Crippen molar-refractivity contribution in [3.63, 3.8) is 0 Å². The lowest BCUT2D eigenvalue weighted by Gasteiger charge is -2.17. The van der Waals surface area contributed by atoms with Crippen molar-refractivity contribution in [2.45, 2.75) is 28.4 Å². The molecule has 144 valence electrons. The Bertz CT molecular complexity index is 1080. The maximum absolute atomic E-state index is 12.9. The third-order valence-corrected chi connectivity index (χ3v) is 8.87. The molecule has 3 rings (SSSR count). The van der Waals surface area contributed by atoms with Crippen LogP contribution in [0.1, 0.15) is 23.7 Å². The zero-order valence-corrected chi connectivity index (χ0v) is 16.9. The normalized spacial score (nSPS) is 18.5. The summed E-state index contributed by atoms with van der Waals surface area (Å²) in [5.41, 5.74) is 0.292. The Morgan fingerprint density at radius 2 is 1.70 bits per heavy atom. The lowest BCUT2D eigenvalue weighted by Crippen LogP contribution is -2.32. The second-order valence-electron chi connectivity index (χ2n) is 6.36. The van der Waals surface area contributed by atoms with Crippen LogP contribution in [0.4, 0.5) is 0 Å². The van der Waals surface area contributed by atoms with Crippen LogP contribution < -0.4 is 0 Å². The molecule has 0 N–H and O–H groups in total. The molecule has 0 aliphatic carbocycles. The van der Waals surface area contributed by atoms with Gasteiger partial charge in [-0.15, -0.1) is 0 Å². The van der Waals surface area contributed by atoms with Gasteiger partial charge in [0, 0.05) is 23.7 Å². The van der Waals surface area contributed by atoms with Gasteiger partial charge >= 0.3 is 0 Å². The molecule has 2 aromatic carbocycles. The average Bonchev–Trinajstić information content (AvgIpc) is 3.14. The van der Waals surface area contributed by atoms with E-state index in [4.69, 9.17) is 11.6 Å². The number of carbonyl (C=O) groups is 1. The summed E-state index contributed by atoms with van der Waals surface area (Å²) < 4.78 is 52.5. The maximum atomic E-state index is 12.9. The Labute approximate surface area is 163 Å². The zero-order chi connectivity index (χ0) is 19.8. The van der Waals surface area contributed by atoms with Crippen LogP contribution in [0.25, 0.3) is 0 Å². The van der Waals surface area contributed by atoms with Gasteiger partial charge in [0.2, 0.25) is 10.0 Å². The summed E-state index contributed by atoms with van der Waals surface area (Å²) in [5, 5.41) is -0.403. The molecule has 1 unspecified atom stereocenters. The van der Waals surface area contributed by atoms with E-state index in [1.165, 1.54) is 49.4 Å². The fourth-order valence-corrected chi connectivity index (χ4v) is 6.47. The first-order valence-corrected chi connectivity index (χ1v) is 11.6. The van der Waals surface area contributed by atoms with Gasteiger partial charge in [0.1, 0.15) is 0 Å². The molecule has 0 bridgehead atoms. The van der Waals surface area contributed by atoms with Crippen molar-refractivity contribution in [2.24, 2.45) is 0 Å². The van der Waals surface area contributed by atoms with Crippen molar-refractivity contribution >= 4 is 37.2 Å². The fourth-order valence-electron chi connectivity index (χ4n) is 3.01. The first-order chi connectivity index (χ1) is 12.6. The Hall–Kier alpha value is -1.74. The molecular formula is C18H18ClNO5S2. The molecule has 0 radical (unpaired) electrons. The highest BCUT2D eigenvalue weighted by molar-refractivity contribution is 7.92. The van der Waals surface area contributed by atoms with Crippen LogP contribution in [-0.2, 0) is 19.9 Å². The SMILES string of the molecule is CC(=O)c1cccc(S(=O)(=O)N2CCC(S(=O)(=O)c3ccc(Cl)cc3)C2)c1. The minimum absolute atomic E-state index is 0.0141. The number of hydrogen-bond acceptors (Lipinski definition) is 5. The summed E-state index contributed by atoms with van der Waals surface area (Å²) in [6.07, 6.45) is 0.205. The van der Waals surface area contributed by atoms with Crippen molar-refractivity contribution in [2.75, 3.05) is 13.1 Å². The van der Waals surface area contributed by atoms with E-state index in [1.807, 2.05) is 0 Å². The highest BCUT2D eigenvalue weighted by Crippen LogP contribution is 2.29. The van der Waals surface area contributed by atoms with Gasteiger partial charge in [-0.2, -0.15) is 4.31 Å². The molecule has 1 atom stereocenters. The molecule has 1 heterocycles. The quantitative estimate of drug-likeness (QED) is 0.684. The van der Waals surface area contributed by atoms with Crippen LogP contribution in [-0.4, -0.2) is 45.3 Å². The fraction of sp³-hybridized carbons (Fsp3) is 0.278. The van der Waals surface area contributed by atoms with Gasteiger partial charge in [-0.05, 0) is 49.7 Å². The van der Waals surface area contributed by atoms with Crippen molar-refractivity contribution in [1.29, 1.82) is 0 Å². The molecule has 1 saturated heterocycles. The van der Waals surface area contributed by atoms with Gasteiger partial charge in [-0.1, -0.05) is 23.7 Å². The first-order valence-electron chi connectivity index (χ1n) is 8.23. The average molecular weight is 428 g/mol. The molecule has 0 aromatic heterocycles. The summed E-state index contributed by atoms with van der Waals surface area (Å²) in [5.74, 6) is -0.239. The zero-order valence-electron chi connectivity index (χ0n) is 14.5. The Morgan fingerprint density at radius 3 is 2.33 bits per heavy atom. The van der Waals surface area contributed by atoms with Crippen LogP contribution in [0.2, 0.25) is 5.02 Å². The summed E-state index contributed by atoms with van der Waals surface area (Å²) in [7, 11) is -7.55. The minimum Gasteiger partial charge on any atom is -0.295 e. The lowest BCUT2D eigenvalue weighted by molar-refractivity contribution is 0.101. The highest BCUT2D eigenvalue weighted by atomic mass is 35.5. The highest BCUT2D eigenvalue weighted by Gasteiger charge is 2.39. The molecule has 0 spiro atoms. The van der Waals surface area contributed by atoms with Crippen molar-refractivity contribution in [1.82, 2.24) is 4.31 Å². The Balaban J connectivity index is 1.85. The molecule has 0 amide bonds. The molecule has 1 fully saturated rings. The number of carbonyl (C=O) groups excluding carboxylic acids is 1. The van der Waals surface area contributed by atoms with Gasteiger partial charge in [-0.3, -0.25) is 4.79 Å². The number of Topliss-reactive ketones (excluding diaryl/α,β-unsaturated/α-hetero) is 1. The topological polar surface area (TPSA) is 88.6 Å². The van der Waals surface area contributed by atoms with E-state index in [9.17, 15) is 21.6 Å². The number of sulfonamides is 1. The van der Waals surface area contributed by atoms with E-state index in [0.717, 1.165) is 4.31 Å². The molecule has 6 nitrogen and oxygen atoms in total.